The topological polar surface area (TPSA) is 71.0 Å². The van der Waals surface area contributed by atoms with Gasteiger partial charge < -0.3 is 24.8 Å². The van der Waals surface area contributed by atoms with E-state index < -0.39 is 0 Å². The van der Waals surface area contributed by atoms with Crippen LogP contribution in [0.5, 0.6) is 17.2 Å². The first-order valence-electron chi connectivity index (χ1n) is 11.3. The van der Waals surface area contributed by atoms with Crippen LogP contribution in [0.1, 0.15) is 23.1 Å². The Labute approximate surface area is 187 Å². The predicted octanol–water partition coefficient (Wildman–Crippen LogP) is 2.57. The number of likely N-dealkylation sites (N-methyl/N-ethyl adjacent to an activating group) is 1. The number of nitrogens with one attached hydrogen (secondary N) is 1. The molecule has 1 amide bonds. The van der Waals surface area contributed by atoms with Crippen molar-refractivity contribution in [2.45, 2.75) is 42.9 Å². The van der Waals surface area contributed by atoms with Crippen LogP contribution in [0.4, 0.5) is 0 Å². The number of carbonyl (C=O) groups is 1. The van der Waals surface area contributed by atoms with Crippen molar-refractivity contribution in [2.75, 3.05) is 20.7 Å². The minimum atomic E-state index is -0.244. The van der Waals surface area contributed by atoms with Gasteiger partial charge in [-0.15, -0.1) is 0 Å². The van der Waals surface area contributed by atoms with Crippen molar-refractivity contribution in [1.82, 2.24) is 10.2 Å². The fourth-order valence-corrected chi connectivity index (χ4v) is 6.59. The van der Waals surface area contributed by atoms with Gasteiger partial charge >= 0.3 is 0 Å². The van der Waals surface area contributed by atoms with E-state index in [2.05, 4.69) is 35.5 Å². The van der Waals surface area contributed by atoms with Crippen molar-refractivity contribution in [2.24, 2.45) is 5.92 Å². The molecule has 0 aromatic heterocycles. The van der Waals surface area contributed by atoms with Crippen LogP contribution >= 0.6 is 0 Å². The first-order valence-corrected chi connectivity index (χ1v) is 11.3. The van der Waals surface area contributed by atoms with Gasteiger partial charge in [0.25, 0.3) is 0 Å². The number of rotatable bonds is 4. The smallest absolute Gasteiger partial charge is 0.225 e. The molecule has 6 heteroatoms. The van der Waals surface area contributed by atoms with Gasteiger partial charge in [-0.3, -0.25) is 4.79 Å². The normalized spacial score (nSPS) is 31.6. The maximum atomic E-state index is 13.0. The molecule has 6 rings (SSSR count). The fourth-order valence-electron chi connectivity index (χ4n) is 6.59. The van der Waals surface area contributed by atoms with Gasteiger partial charge in [0.05, 0.1) is 19.6 Å². The van der Waals surface area contributed by atoms with Gasteiger partial charge in [0, 0.05) is 22.9 Å². The zero-order chi connectivity index (χ0) is 22.0. The van der Waals surface area contributed by atoms with E-state index in [1.807, 2.05) is 24.3 Å². The molecule has 6 nitrogen and oxygen atoms in total. The molecule has 2 heterocycles. The van der Waals surface area contributed by atoms with Crippen molar-refractivity contribution >= 4 is 5.91 Å². The fraction of sp³-hybridized carbons (Fsp3) is 0.423. The number of nitrogens with zero attached hydrogens (tertiary/aromatic N) is 1. The summed E-state index contributed by atoms with van der Waals surface area (Å²) in [6.45, 7) is 0.980. The molecular formula is C26H28N2O4. The van der Waals surface area contributed by atoms with Crippen LogP contribution in [0.25, 0.3) is 0 Å². The molecule has 166 valence electrons. The highest BCUT2D eigenvalue weighted by atomic mass is 16.5. The Kier molecular flexibility index (Phi) is 4.31. The van der Waals surface area contributed by atoms with Crippen LogP contribution in [-0.2, 0) is 23.1 Å². The molecule has 2 aliphatic heterocycles. The SMILES string of the molecule is COc1cccc(CC(=O)NC2C=CC3C4Cc5ccc(O)c6c5C3(CCN4C)C2O6)c1. The van der Waals surface area contributed by atoms with E-state index in [9.17, 15) is 9.90 Å². The van der Waals surface area contributed by atoms with Crippen molar-refractivity contribution in [3.05, 3.63) is 65.2 Å². The van der Waals surface area contributed by atoms with Crippen LogP contribution in [-0.4, -0.2) is 54.8 Å². The predicted molar refractivity (Wildman–Crippen MR) is 120 cm³/mol. The van der Waals surface area contributed by atoms with Crippen LogP contribution in [0.2, 0.25) is 0 Å². The lowest BCUT2D eigenvalue weighted by Gasteiger charge is -2.57. The molecule has 1 saturated heterocycles. The van der Waals surface area contributed by atoms with Crippen LogP contribution in [0.3, 0.4) is 0 Å². The van der Waals surface area contributed by atoms with E-state index in [4.69, 9.17) is 9.47 Å². The molecule has 0 saturated carbocycles. The molecule has 0 radical (unpaired) electrons. The highest BCUT2D eigenvalue weighted by Gasteiger charge is 2.64. The second-order valence-electron chi connectivity index (χ2n) is 9.56. The molecule has 2 aromatic rings. The summed E-state index contributed by atoms with van der Waals surface area (Å²) in [6, 6.07) is 11.6. The molecule has 1 spiro atoms. The van der Waals surface area contributed by atoms with Crippen LogP contribution < -0.4 is 14.8 Å². The second-order valence-corrected chi connectivity index (χ2v) is 9.56. The summed E-state index contributed by atoms with van der Waals surface area (Å²) in [7, 11) is 3.82. The Bertz CT molecular complexity index is 1130. The Morgan fingerprint density at radius 2 is 2.19 bits per heavy atom. The lowest BCUT2D eigenvalue weighted by atomic mass is 9.53. The Balaban J connectivity index is 1.33. The highest BCUT2D eigenvalue weighted by molar-refractivity contribution is 5.79. The zero-order valence-electron chi connectivity index (χ0n) is 18.4. The van der Waals surface area contributed by atoms with Gasteiger partial charge in [-0.25, -0.2) is 0 Å². The summed E-state index contributed by atoms with van der Waals surface area (Å²) in [4.78, 5) is 15.4. The Hall–Kier alpha value is -2.99. The van der Waals surface area contributed by atoms with Crippen molar-refractivity contribution < 1.29 is 19.4 Å². The number of methoxy groups -OCH3 is 1. The molecule has 5 atom stereocenters. The number of phenols is 1. The van der Waals surface area contributed by atoms with Crippen molar-refractivity contribution in [1.29, 1.82) is 0 Å². The van der Waals surface area contributed by atoms with Gasteiger partial charge in [0.1, 0.15) is 11.9 Å². The number of aromatic hydroxyl groups is 1. The second kappa shape index (κ2) is 7.01. The first-order chi connectivity index (χ1) is 15.5. The van der Waals surface area contributed by atoms with Crippen LogP contribution in [0.15, 0.2) is 48.6 Å². The third-order valence-electron chi connectivity index (χ3n) is 8.00. The minimum absolute atomic E-state index is 0.0490. The monoisotopic (exact) mass is 432 g/mol. The number of phenolic OH excluding ortho intramolecular Hbond substituents is 1. The van der Waals surface area contributed by atoms with E-state index in [1.54, 1.807) is 13.2 Å². The summed E-state index contributed by atoms with van der Waals surface area (Å²) >= 11 is 0. The summed E-state index contributed by atoms with van der Waals surface area (Å²) in [5.41, 5.74) is 3.14. The average molecular weight is 433 g/mol. The van der Waals surface area contributed by atoms with E-state index in [1.165, 1.54) is 11.1 Å². The van der Waals surface area contributed by atoms with Gasteiger partial charge in [-0.1, -0.05) is 30.4 Å². The maximum absolute atomic E-state index is 13.0. The third-order valence-corrected chi connectivity index (χ3v) is 8.00. The Morgan fingerprint density at radius 1 is 1.31 bits per heavy atom. The van der Waals surface area contributed by atoms with Crippen molar-refractivity contribution in [3.63, 3.8) is 0 Å². The lowest BCUT2D eigenvalue weighted by molar-refractivity contribution is -0.122. The number of piperidine rings is 1. The van der Waals surface area contributed by atoms with Gasteiger partial charge in [0.15, 0.2) is 11.5 Å². The first kappa shape index (κ1) is 19.7. The number of carbonyl (C=O) groups excluding carboxylic acids is 1. The Morgan fingerprint density at radius 3 is 3.03 bits per heavy atom. The number of hydrogen-bond donors (Lipinski definition) is 2. The molecular weight excluding hydrogens is 404 g/mol. The molecule has 1 fully saturated rings. The summed E-state index contributed by atoms with van der Waals surface area (Å²) in [5.74, 6) is 1.83. The van der Waals surface area contributed by atoms with E-state index >= 15 is 0 Å². The number of ether oxygens (including phenoxy) is 2. The van der Waals surface area contributed by atoms with E-state index in [0.29, 0.717) is 17.7 Å². The third kappa shape index (κ3) is 2.65. The summed E-state index contributed by atoms with van der Waals surface area (Å²) < 4.78 is 11.8. The number of amides is 1. The van der Waals surface area contributed by atoms with Gasteiger partial charge in [-0.2, -0.15) is 0 Å². The van der Waals surface area contributed by atoms with E-state index in [-0.39, 0.29) is 35.6 Å². The molecule has 2 N–H and O–H groups in total. The molecule has 5 unspecified atom stereocenters. The lowest BCUT2D eigenvalue weighted by Crippen LogP contribution is -2.66. The quantitative estimate of drug-likeness (QED) is 0.727. The molecule has 2 bridgehead atoms. The zero-order valence-corrected chi connectivity index (χ0v) is 18.4. The summed E-state index contributed by atoms with van der Waals surface area (Å²) in [5, 5.41) is 13.8. The largest absolute Gasteiger partial charge is 0.504 e. The standard InChI is InChI=1S/C26H28N2O4/c1-28-11-10-26-18-7-8-19(27-22(30)13-15-4-3-5-17(12-15)31-2)25(26)32-24-21(29)9-6-16(23(24)26)14-20(18)28/h3-9,12,18-20,25,29H,10-11,13-14H2,1-2H3,(H,27,30). The molecule has 32 heavy (non-hydrogen) atoms. The average Bonchev–Trinajstić information content (AvgIpc) is 3.14. The number of likely N-dealkylation sites (tertiary alicyclic amines) is 1. The van der Waals surface area contributed by atoms with Gasteiger partial charge in [0.2, 0.25) is 5.91 Å². The summed E-state index contributed by atoms with van der Waals surface area (Å²) in [6.07, 6.45) is 6.37. The molecule has 4 aliphatic rings. The molecule has 2 aromatic carbocycles. The molecule has 2 aliphatic carbocycles. The minimum Gasteiger partial charge on any atom is -0.504 e. The number of benzene rings is 2. The maximum Gasteiger partial charge on any atom is 0.225 e. The number of hydrogen-bond acceptors (Lipinski definition) is 5. The van der Waals surface area contributed by atoms with E-state index in [0.717, 1.165) is 30.7 Å². The highest BCUT2D eigenvalue weighted by Crippen LogP contribution is 2.62. The van der Waals surface area contributed by atoms with Gasteiger partial charge in [-0.05, 0) is 55.8 Å². The van der Waals surface area contributed by atoms with Crippen LogP contribution in [0, 0.1) is 5.92 Å². The van der Waals surface area contributed by atoms with Crippen molar-refractivity contribution in [3.8, 4) is 17.2 Å².